The molecule has 0 spiro atoms. The molecular weight excluding hydrogens is 223 g/mol. The first-order valence-corrected chi connectivity index (χ1v) is 5.75. The Morgan fingerprint density at radius 3 is 2.65 bits per heavy atom. The summed E-state index contributed by atoms with van der Waals surface area (Å²) in [6, 6.07) is 2.99. The first-order valence-electron chi connectivity index (χ1n) is 5.75. The van der Waals surface area contributed by atoms with E-state index in [-0.39, 0.29) is 11.7 Å². The highest BCUT2D eigenvalue weighted by molar-refractivity contribution is 5.53. The minimum Gasteiger partial charge on any atom is -0.490 e. The number of hydrogen-bond acceptors (Lipinski definition) is 3. The SMILES string of the molecule is CC(CC=O)c1cc2c(cc1F)OCCCO2. The summed E-state index contributed by atoms with van der Waals surface area (Å²) in [4.78, 5) is 10.5. The molecule has 2 rings (SSSR count). The number of hydrogen-bond donors (Lipinski definition) is 0. The third-order valence-electron chi connectivity index (χ3n) is 2.85. The molecule has 1 aromatic rings. The van der Waals surface area contributed by atoms with Crippen molar-refractivity contribution in [2.75, 3.05) is 13.2 Å². The number of ether oxygens (including phenoxy) is 2. The van der Waals surface area contributed by atoms with Gasteiger partial charge in [0.05, 0.1) is 13.2 Å². The van der Waals surface area contributed by atoms with Crippen molar-refractivity contribution < 1.29 is 18.7 Å². The van der Waals surface area contributed by atoms with Gasteiger partial charge in [-0.15, -0.1) is 0 Å². The molecule has 0 N–H and O–H groups in total. The van der Waals surface area contributed by atoms with Crippen LogP contribution in [0.3, 0.4) is 0 Å². The van der Waals surface area contributed by atoms with Gasteiger partial charge in [-0.2, -0.15) is 0 Å². The van der Waals surface area contributed by atoms with Crippen LogP contribution >= 0.6 is 0 Å². The van der Waals surface area contributed by atoms with Crippen molar-refractivity contribution in [3.63, 3.8) is 0 Å². The molecule has 17 heavy (non-hydrogen) atoms. The number of rotatable bonds is 3. The zero-order valence-corrected chi connectivity index (χ0v) is 9.74. The second kappa shape index (κ2) is 5.17. The lowest BCUT2D eigenvalue weighted by Crippen LogP contribution is -2.01. The summed E-state index contributed by atoms with van der Waals surface area (Å²) in [6.45, 7) is 2.92. The average Bonchev–Trinajstić information content (AvgIpc) is 2.52. The number of carbonyl (C=O) groups is 1. The highest BCUT2D eigenvalue weighted by Gasteiger charge is 2.18. The van der Waals surface area contributed by atoms with E-state index in [1.807, 2.05) is 6.92 Å². The minimum atomic E-state index is -0.344. The van der Waals surface area contributed by atoms with Gasteiger partial charge in [-0.1, -0.05) is 6.92 Å². The maximum atomic E-state index is 13.8. The fraction of sp³-hybridized carbons (Fsp3) is 0.462. The predicted molar refractivity (Wildman–Crippen MR) is 61.1 cm³/mol. The molecular formula is C13H15FO3. The maximum Gasteiger partial charge on any atom is 0.164 e. The molecule has 0 saturated heterocycles. The lowest BCUT2D eigenvalue weighted by molar-refractivity contribution is -0.108. The van der Waals surface area contributed by atoms with Crippen LogP contribution in [0, 0.1) is 5.82 Å². The summed E-state index contributed by atoms with van der Waals surface area (Å²) in [6.07, 6.45) is 1.89. The number of halogens is 1. The molecule has 0 fully saturated rings. The molecule has 0 radical (unpaired) electrons. The molecule has 3 nitrogen and oxygen atoms in total. The molecule has 1 aliphatic heterocycles. The van der Waals surface area contributed by atoms with E-state index in [9.17, 15) is 9.18 Å². The molecule has 0 aromatic heterocycles. The van der Waals surface area contributed by atoms with Crippen LogP contribution in [0.4, 0.5) is 4.39 Å². The van der Waals surface area contributed by atoms with Crippen LogP contribution in [0.15, 0.2) is 12.1 Å². The van der Waals surface area contributed by atoms with E-state index in [2.05, 4.69) is 0 Å². The van der Waals surface area contributed by atoms with E-state index >= 15 is 0 Å². The summed E-state index contributed by atoms with van der Waals surface area (Å²) in [5, 5.41) is 0. The van der Waals surface area contributed by atoms with Gasteiger partial charge in [-0.05, 0) is 17.5 Å². The van der Waals surface area contributed by atoms with Crippen molar-refractivity contribution in [2.24, 2.45) is 0 Å². The second-order valence-corrected chi connectivity index (χ2v) is 4.17. The first-order chi connectivity index (χ1) is 8.22. The zero-order chi connectivity index (χ0) is 12.3. The molecule has 0 aliphatic carbocycles. The van der Waals surface area contributed by atoms with E-state index in [1.165, 1.54) is 6.07 Å². The Labute approximate surface area is 99.5 Å². The van der Waals surface area contributed by atoms with Gasteiger partial charge in [-0.25, -0.2) is 4.39 Å². The molecule has 1 unspecified atom stereocenters. The Morgan fingerprint density at radius 2 is 2.00 bits per heavy atom. The van der Waals surface area contributed by atoms with E-state index < -0.39 is 0 Å². The molecule has 0 bridgehead atoms. The van der Waals surface area contributed by atoms with Gasteiger partial charge < -0.3 is 14.3 Å². The number of carbonyl (C=O) groups excluding carboxylic acids is 1. The number of fused-ring (bicyclic) bond motifs is 1. The zero-order valence-electron chi connectivity index (χ0n) is 9.74. The molecule has 1 atom stereocenters. The number of benzene rings is 1. The van der Waals surface area contributed by atoms with Gasteiger partial charge in [0.2, 0.25) is 0 Å². The quantitative estimate of drug-likeness (QED) is 0.759. The Kier molecular flexibility index (Phi) is 3.61. The molecule has 0 saturated carbocycles. The van der Waals surface area contributed by atoms with Crippen molar-refractivity contribution >= 4 is 6.29 Å². The van der Waals surface area contributed by atoms with Crippen molar-refractivity contribution in [3.05, 3.63) is 23.5 Å². The topological polar surface area (TPSA) is 35.5 Å². The van der Waals surface area contributed by atoms with Gasteiger partial charge in [0.15, 0.2) is 11.5 Å². The van der Waals surface area contributed by atoms with Crippen molar-refractivity contribution in [1.29, 1.82) is 0 Å². The smallest absolute Gasteiger partial charge is 0.164 e. The van der Waals surface area contributed by atoms with Crippen LogP contribution in [0.2, 0.25) is 0 Å². The van der Waals surface area contributed by atoms with Crippen LogP contribution in [0.25, 0.3) is 0 Å². The van der Waals surface area contributed by atoms with Crippen LogP contribution in [0.5, 0.6) is 11.5 Å². The fourth-order valence-electron chi connectivity index (χ4n) is 1.85. The van der Waals surface area contributed by atoms with Crippen molar-refractivity contribution in [1.82, 2.24) is 0 Å². The Hall–Kier alpha value is -1.58. The highest BCUT2D eigenvalue weighted by atomic mass is 19.1. The third-order valence-corrected chi connectivity index (χ3v) is 2.85. The predicted octanol–water partition coefficient (Wildman–Crippen LogP) is 2.68. The van der Waals surface area contributed by atoms with E-state index in [0.29, 0.717) is 36.7 Å². The van der Waals surface area contributed by atoms with Crippen LogP contribution < -0.4 is 9.47 Å². The Morgan fingerprint density at radius 1 is 1.35 bits per heavy atom. The van der Waals surface area contributed by atoms with Crippen molar-refractivity contribution in [3.8, 4) is 11.5 Å². The lowest BCUT2D eigenvalue weighted by Gasteiger charge is -2.14. The fourth-order valence-corrected chi connectivity index (χ4v) is 1.85. The summed E-state index contributed by atoms with van der Waals surface area (Å²) in [5.74, 6) is 0.520. The van der Waals surface area contributed by atoms with E-state index in [4.69, 9.17) is 9.47 Å². The van der Waals surface area contributed by atoms with Gasteiger partial charge in [0, 0.05) is 18.9 Å². The van der Waals surface area contributed by atoms with E-state index in [0.717, 1.165) is 12.7 Å². The van der Waals surface area contributed by atoms with Crippen LogP contribution in [-0.4, -0.2) is 19.5 Å². The molecule has 0 amide bonds. The normalized spacial score (nSPS) is 16.1. The maximum absolute atomic E-state index is 13.8. The largest absolute Gasteiger partial charge is 0.490 e. The average molecular weight is 238 g/mol. The monoisotopic (exact) mass is 238 g/mol. The van der Waals surface area contributed by atoms with Crippen molar-refractivity contribution in [2.45, 2.75) is 25.7 Å². The summed E-state index contributed by atoms with van der Waals surface area (Å²) >= 11 is 0. The van der Waals surface area contributed by atoms with Gasteiger partial charge in [0.25, 0.3) is 0 Å². The van der Waals surface area contributed by atoms with Crippen LogP contribution in [-0.2, 0) is 4.79 Å². The standard InChI is InChI=1S/C13H15FO3/c1-9(3-4-15)10-7-12-13(8-11(10)14)17-6-2-5-16-12/h4,7-9H,2-3,5-6H2,1H3. The molecule has 92 valence electrons. The molecule has 4 heteroatoms. The summed E-state index contributed by atoms with van der Waals surface area (Å²) in [7, 11) is 0. The van der Waals surface area contributed by atoms with Gasteiger partial charge in [0.1, 0.15) is 12.1 Å². The Balaban J connectivity index is 2.34. The van der Waals surface area contributed by atoms with Gasteiger partial charge >= 0.3 is 0 Å². The Bertz CT molecular complexity index is 417. The highest BCUT2D eigenvalue weighted by Crippen LogP contribution is 2.35. The van der Waals surface area contributed by atoms with Crippen LogP contribution in [0.1, 0.15) is 31.2 Å². The third kappa shape index (κ3) is 2.57. The molecule has 1 aromatic carbocycles. The summed E-state index contributed by atoms with van der Waals surface area (Å²) in [5.41, 5.74) is 0.501. The molecule has 1 heterocycles. The first kappa shape index (κ1) is 11.9. The minimum absolute atomic E-state index is 0.148. The summed E-state index contributed by atoms with van der Waals surface area (Å²) < 4.78 is 24.7. The number of aldehydes is 1. The molecule has 1 aliphatic rings. The lowest BCUT2D eigenvalue weighted by atomic mass is 9.97. The second-order valence-electron chi connectivity index (χ2n) is 4.17. The van der Waals surface area contributed by atoms with E-state index in [1.54, 1.807) is 6.07 Å². The van der Waals surface area contributed by atoms with Gasteiger partial charge in [-0.3, -0.25) is 0 Å².